The number of rotatable bonds is 7. The Morgan fingerprint density at radius 1 is 1.20 bits per heavy atom. The van der Waals surface area contributed by atoms with Gasteiger partial charge in [-0.05, 0) is 39.5 Å². The summed E-state index contributed by atoms with van der Waals surface area (Å²) in [7, 11) is 6.29. The molecule has 5 nitrogen and oxygen atoms in total. The number of anilines is 1. The molecule has 0 radical (unpaired) electrons. The molecule has 110 valence electrons. The molecule has 6 heteroatoms. The van der Waals surface area contributed by atoms with E-state index in [4.69, 9.17) is 0 Å². The minimum atomic E-state index is 0.778. The van der Waals surface area contributed by atoms with E-state index in [1.54, 1.807) is 11.3 Å². The molecular weight excluding hydrogens is 270 g/mol. The predicted octanol–water partition coefficient (Wildman–Crippen LogP) is 2.12. The van der Waals surface area contributed by atoms with Gasteiger partial charge in [-0.2, -0.15) is 0 Å². The maximum atomic E-state index is 4.66. The van der Waals surface area contributed by atoms with E-state index in [9.17, 15) is 0 Å². The minimum Gasteiger partial charge on any atom is -0.370 e. The van der Waals surface area contributed by atoms with Crippen LogP contribution in [0.2, 0.25) is 0 Å². The monoisotopic (exact) mass is 293 g/mol. The van der Waals surface area contributed by atoms with E-state index in [1.807, 2.05) is 0 Å². The molecule has 0 aromatic carbocycles. The molecule has 0 fully saturated rings. The van der Waals surface area contributed by atoms with Gasteiger partial charge in [-0.25, -0.2) is 9.97 Å². The Balaban J connectivity index is 2.13. The van der Waals surface area contributed by atoms with Gasteiger partial charge in [0.05, 0.1) is 11.9 Å². The third kappa shape index (κ3) is 3.88. The first-order valence-electron chi connectivity index (χ1n) is 6.91. The molecule has 1 N–H and O–H groups in total. The van der Waals surface area contributed by atoms with Crippen molar-refractivity contribution in [1.29, 1.82) is 0 Å². The van der Waals surface area contributed by atoms with Crippen LogP contribution in [-0.2, 0) is 6.54 Å². The topological polar surface area (TPSA) is 44.3 Å². The summed E-state index contributed by atoms with van der Waals surface area (Å²) in [6.45, 7) is 5.79. The molecule has 0 aliphatic rings. The van der Waals surface area contributed by atoms with Crippen molar-refractivity contribution in [1.82, 2.24) is 19.8 Å². The molecule has 0 aliphatic heterocycles. The number of thiophene rings is 1. The lowest BCUT2D eigenvalue weighted by molar-refractivity contribution is 0.271. The Morgan fingerprint density at radius 3 is 2.70 bits per heavy atom. The number of fused-ring (bicyclic) bond motifs is 1. The summed E-state index contributed by atoms with van der Waals surface area (Å²) in [6.07, 6.45) is 0. The summed E-state index contributed by atoms with van der Waals surface area (Å²) in [5, 5.41) is 6.52. The largest absolute Gasteiger partial charge is 0.370 e. The van der Waals surface area contributed by atoms with Crippen LogP contribution in [0, 0.1) is 0 Å². The molecule has 0 spiro atoms. The second kappa shape index (κ2) is 6.97. The lowest BCUT2D eigenvalue weighted by atomic mass is 10.3. The number of aromatic nitrogens is 2. The highest BCUT2D eigenvalue weighted by Crippen LogP contribution is 2.25. The molecule has 0 unspecified atom stereocenters. The van der Waals surface area contributed by atoms with Crippen molar-refractivity contribution in [3.8, 4) is 0 Å². The second-order valence-electron chi connectivity index (χ2n) is 5.20. The predicted molar refractivity (Wildman–Crippen MR) is 86.5 cm³/mol. The fourth-order valence-electron chi connectivity index (χ4n) is 1.96. The zero-order valence-electron chi connectivity index (χ0n) is 12.7. The Kier molecular flexibility index (Phi) is 5.28. The Bertz CT molecular complexity index is 551. The van der Waals surface area contributed by atoms with Gasteiger partial charge in [0.25, 0.3) is 0 Å². The molecule has 2 aromatic heterocycles. The highest BCUT2D eigenvalue weighted by molar-refractivity contribution is 7.16. The first-order valence-corrected chi connectivity index (χ1v) is 7.79. The van der Waals surface area contributed by atoms with E-state index in [2.05, 4.69) is 64.6 Å². The molecular formula is C14H23N5S. The fraction of sp³-hybridized carbons (Fsp3) is 0.571. The lowest BCUT2D eigenvalue weighted by Crippen LogP contribution is -2.29. The highest BCUT2D eigenvalue weighted by atomic mass is 32.1. The molecule has 0 saturated heterocycles. The van der Waals surface area contributed by atoms with Gasteiger partial charge in [0.15, 0.2) is 0 Å². The zero-order chi connectivity index (χ0) is 14.5. The van der Waals surface area contributed by atoms with Crippen molar-refractivity contribution in [2.75, 3.05) is 46.1 Å². The van der Waals surface area contributed by atoms with Crippen molar-refractivity contribution in [3.05, 3.63) is 17.3 Å². The number of nitrogens with one attached hydrogen (secondary N) is 1. The SMILES string of the molecule is CCNc1nc(CN(C)CCN(C)C)nc2sccc12. The Morgan fingerprint density at radius 2 is 2.00 bits per heavy atom. The smallest absolute Gasteiger partial charge is 0.146 e. The third-order valence-electron chi connectivity index (χ3n) is 3.06. The van der Waals surface area contributed by atoms with Gasteiger partial charge in [0.1, 0.15) is 16.5 Å². The lowest BCUT2D eigenvalue weighted by Gasteiger charge is -2.18. The average molecular weight is 293 g/mol. The molecule has 0 saturated carbocycles. The standard InChI is InChI=1S/C14H23N5S/c1-5-15-13-11-6-9-20-14(11)17-12(16-13)10-19(4)8-7-18(2)3/h6,9H,5,7-8,10H2,1-4H3,(H,15,16,17). The molecule has 0 aliphatic carbocycles. The molecule has 0 bridgehead atoms. The van der Waals surface area contributed by atoms with E-state index >= 15 is 0 Å². The first kappa shape index (κ1) is 15.2. The van der Waals surface area contributed by atoms with Crippen LogP contribution in [0.3, 0.4) is 0 Å². The summed E-state index contributed by atoms with van der Waals surface area (Å²) in [5.74, 6) is 1.84. The molecule has 0 amide bonds. The fourth-order valence-corrected chi connectivity index (χ4v) is 2.75. The summed E-state index contributed by atoms with van der Waals surface area (Å²) < 4.78 is 0. The minimum absolute atomic E-state index is 0.778. The van der Waals surface area contributed by atoms with Gasteiger partial charge in [-0.3, -0.25) is 4.90 Å². The highest BCUT2D eigenvalue weighted by Gasteiger charge is 2.10. The van der Waals surface area contributed by atoms with Crippen molar-refractivity contribution < 1.29 is 0 Å². The number of hydrogen-bond acceptors (Lipinski definition) is 6. The van der Waals surface area contributed by atoms with Gasteiger partial charge in [0.2, 0.25) is 0 Å². The van der Waals surface area contributed by atoms with Gasteiger partial charge in [-0.1, -0.05) is 0 Å². The van der Waals surface area contributed by atoms with Crippen molar-refractivity contribution >= 4 is 27.4 Å². The molecule has 2 aromatic rings. The molecule has 2 heterocycles. The van der Waals surface area contributed by atoms with E-state index in [0.717, 1.165) is 48.0 Å². The number of likely N-dealkylation sites (N-methyl/N-ethyl adjacent to an activating group) is 2. The van der Waals surface area contributed by atoms with Crippen molar-refractivity contribution in [3.63, 3.8) is 0 Å². The second-order valence-corrected chi connectivity index (χ2v) is 6.09. The van der Waals surface area contributed by atoms with Crippen LogP contribution in [0.4, 0.5) is 5.82 Å². The van der Waals surface area contributed by atoms with E-state index in [0.29, 0.717) is 0 Å². The van der Waals surface area contributed by atoms with Crippen molar-refractivity contribution in [2.24, 2.45) is 0 Å². The van der Waals surface area contributed by atoms with Crippen LogP contribution in [0.15, 0.2) is 11.4 Å². The normalized spacial score (nSPS) is 11.7. The van der Waals surface area contributed by atoms with Gasteiger partial charge >= 0.3 is 0 Å². The van der Waals surface area contributed by atoms with Gasteiger partial charge < -0.3 is 10.2 Å². The molecule has 2 rings (SSSR count). The van der Waals surface area contributed by atoms with E-state index in [1.165, 1.54) is 0 Å². The maximum Gasteiger partial charge on any atom is 0.146 e. The maximum absolute atomic E-state index is 4.66. The zero-order valence-corrected chi connectivity index (χ0v) is 13.5. The van der Waals surface area contributed by atoms with E-state index in [-0.39, 0.29) is 0 Å². The van der Waals surface area contributed by atoms with E-state index < -0.39 is 0 Å². The summed E-state index contributed by atoms with van der Waals surface area (Å²) in [5.41, 5.74) is 0. The number of hydrogen-bond donors (Lipinski definition) is 1. The Hall–Kier alpha value is -1.24. The summed E-state index contributed by atoms with van der Waals surface area (Å²) >= 11 is 1.67. The summed E-state index contributed by atoms with van der Waals surface area (Å²) in [6, 6.07) is 2.08. The van der Waals surface area contributed by atoms with Gasteiger partial charge in [-0.15, -0.1) is 11.3 Å². The van der Waals surface area contributed by atoms with Crippen LogP contribution in [0.5, 0.6) is 0 Å². The quantitative estimate of drug-likeness (QED) is 0.847. The third-order valence-corrected chi connectivity index (χ3v) is 3.86. The van der Waals surface area contributed by atoms with Crippen LogP contribution in [-0.4, -0.2) is 60.5 Å². The molecule has 20 heavy (non-hydrogen) atoms. The Labute approximate surface area is 124 Å². The van der Waals surface area contributed by atoms with Crippen LogP contribution >= 0.6 is 11.3 Å². The first-order chi connectivity index (χ1) is 9.60. The van der Waals surface area contributed by atoms with Gasteiger partial charge in [0, 0.05) is 19.6 Å². The van der Waals surface area contributed by atoms with Crippen LogP contribution in [0.1, 0.15) is 12.7 Å². The van der Waals surface area contributed by atoms with Crippen LogP contribution < -0.4 is 5.32 Å². The van der Waals surface area contributed by atoms with Crippen molar-refractivity contribution in [2.45, 2.75) is 13.5 Å². The molecule has 0 atom stereocenters. The average Bonchev–Trinajstić information content (AvgIpc) is 2.85. The summed E-state index contributed by atoms with van der Waals surface area (Å²) in [4.78, 5) is 14.8. The van der Waals surface area contributed by atoms with Crippen LogP contribution in [0.25, 0.3) is 10.2 Å². The number of nitrogens with zero attached hydrogens (tertiary/aromatic N) is 4.